The predicted octanol–water partition coefficient (Wildman–Crippen LogP) is 4.76. The zero-order valence-electron chi connectivity index (χ0n) is 13.0. The molecule has 18 heavy (non-hydrogen) atoms. The lowest BCUT2D eigenvalue weighted by Crippen LogP contribution is -2.46. The molecule has 1 N–H and O–H groups in total. The Labute approximate surface area is 114 Å². The number of hydrogen-bond acceptors (Lipinski definition) is 1. The average Bonchev–Trinajstić information content (AvgIpc) is 2.47. The molecule has 0 aliphatic heterocycles. The first-order valence-corrected chi connectivity index (χ1v) is 8.22. The van der Waals surface area contributed by atoms with E-state index in [0.29, 0.717) is 5.41 Å². The summed E-state index contributed by atoms with van der Waals surface area (Å²) in [5.74, 6) is 1.81. The van der Waals surface area contributed by atoms with E-state index in [1.807, 2.05) is 0 Å². The molecule has 4 unspecified atom stereocenters. The van der Waals surface area contributed by atoms with Crippen molar-refractivity contribution in [2.45, 2.75) is 91.1 Å². The molecule has 2 aliphatic carbocycles. The highest BCUT2D eigenvalue weighted by atomic mass is 15.0. The van der Waals surface area contributed by atoms with Crippen LogP contribution < -0.4 is 5.32 Å². The van der Waals surface area contributed by atoms with E-state index >= 15 is 0 Å². The Hall–Kier alpha value is -0.0400. The molecule has 2 fully saturated rings. The van der Waals surface area contributed by atoms with Gasteiger partial charge >= 0.3 is 0 Å². The van der Waals surface area contributed by atoms with E-state index in [-0.39, 0.29) is 0 Å². The third kappa shape index (κ3) is 3.98. The van der Waals surface area contributed by atoms with Crippen LogP contribution in [0.3, 0.4) is 0 Å². The minimum absolute atomic E-state index is 0.579. The van der Waals surface area contributed by atoms with Crippen molar-refractivity contribution in [2.24, 2.45) is 17.3 Å². The molecule has 0 heterocycles. The lowest BCUT2D eigenvalue weighted by molar-refractivity contribution is 0.139. The minimum atomic E-state index is 0.579. The molecule has 0 aromatic rings. The summed E-state index contributed by atoms with van der Waals surface area (Å²) in [6.45, 7) is 9.76. The zero-order valence-corrected chi connectivity index (χ0v) is 13.0. The van der Waals surface area contributed by atoms with Gasteiger partial charge in [-0.25, -0.2) is 0 Å². The molecule has 1 nitrogen and oxygen atoms in total. The number of rotatable bonds is 2. The Kier molecular flexibility index (Phi) is 4.75. The number of hydrogen-bond donors (Lipinski definition) is 1. The van der Waals surface area contributed by atoms with Crippen molar-refractivity contribution in [3.8, 4) is 0 Å². The van der Waals surface area contributed by atoms with Gasteiger partial charge in [-0.05, 0) is 55.8 Å². The quantitative estimate of drug-likeness (QED) is 0.698. The molecular weight excluding hydrogens is 218 g/mol. The van der Waals surface area contributed by atoms with Crippen LogP contribution in [0.2, 0.25) is 0 Å². The van der Waals surface area contributed by atoms with E-state index in [1.54, 1.807) is 0 Å². The molecule has 2 rings (SSSR count). The van der Waals surface area contributed by atoms with Gasteiger partial charge in [0.15, 0.2) is 0 Å². The smallest absolute Gasteiger partial charge is 0.00956 e. The van der Waals surface area contributed by atoms with E-state index in [0.717, 1.165) is 23.9 Å². The number of nitrogens with one attached hydrogen (secondary N) is 1. The molecule has 0 bridgehead atoms. The highest BCUT2D eigenvalue weighted by Gasteiger charge is 2.33. The fourth-order valence-electron chi connectivity index (χ4n) is 4.15. The summed E-state index contributed by atoms with van der Waals surface area (Å²) in [5, 5.41) is 4.01. The van der Waals surface area contributed by atoms with Crippen LogP contribution in [0.15, 0.2) is 0 Å². The summed E-state index contributed by atoms with van der Waals surface area (Å²) in [6, 6.07) is 1.60. The van der Waals surface area contributed by atoms with Gasteiger partial charge in [0.1, 0.15) is 0 Å². The van der Waals surface area contributed by atoms with E-state index < -0.39 is 0 Å². The summed E-state index contributed by atoms with van der Waals surface area (Å²) in [6.07, 6.45) is 11.3. The Morgan fingerprint density at radius 2 is 1.72 bits per heavy atom. The first-order chi connectivity index (χ1) is 8.46. The van der Waals surface area contributed by atoms with Gasteiger partial charge in [0, 0.05) is 12.1 Å². The summed E-state index contributed by atoms with van der Waals surface area (Å²) >= 11 is 0. The average molecular weight is 251 g/mol. The Balaban J connectivity index is 1.82. The largest absolute Gasteiger partial charge is 0.311 e. The van der Waals surface area contributed by atoms with E-state index in [2.05, 4.69) is 33.0 Å². The molecule has 0 amide bonds. The molecule has 0 aromatic carbocycles. The Morgan fingerprint density at radius 1 is 0.944 bits per heavy atom. The van der Waals surface area contributed by atoms with Crippen LogP contribution in [0.1, 0.15) is 79.1 Å². The molecule has 2 saturated carbocycles. The minimum Gasteiger partial charge on any atom is -0.311 e. The second-order valence-corrected chi connectivity index (χ2v) is 7.97. The molecule has 4 atom stereocenters. The third-order valence-corrected chi connectivity index (χ3v) is 5.40. The fraction of sp³-hybridized carbons (Fsp3) is 1.00. The van der Waals surface area contributed by atoms with Crippen LogP contribution in [0, 0.1) is 17.3 Å². The standard InChI is InChI=1S/C17H33N/c1-13-6-5-7-15(9-8-13)18-16-10-11-17(3,4)12-14(16)2/h13-16,18H,5-12H2,1-4H3. The van der Waals surface area contributed by atoms with Crippen LogP contribution in [-0.2, 0) is 0 Å². The zero-order chi connectivity index (χ0) is 13.2. The van der Waals surface area contributed by atoms with Crippen LogP contribution in [0.4, 0.5) is 0 Å². The monoisotopic (exact) mass is 251 g/mol. The van der Waals surface area contributed by atoms with Crippen molar-refractivity contribution in [3.63, 3.8) is 0 Å². The van der Waals surface area contributed by atoms with E-state index in [9.17, 15) is 0 Å². The SMILES string of the molecule is CC1CCCC(NC2CCC(C)(C)CC2C)CC1. The summed E-state index contributed by atoms with van der Waals surface area (Å²) in [5.41, 5.74) is 0.579. The summed E-state index contributed by atoms with van der Waals surface area (Å²) < 4.78 is 0. The van der Waals surface area contributed by atoms with Gasteiger partial charge in [0.05, 0.1) is 0 Å². The van der Waals surface area contributed by atoms with Gasteiger partial charge in [-0.1, -0.05) is 40.5 Å². The van der Waals surface area contributed by atoms with E-state index in [1.165, 1.54) is 51.4 Å². The molecule has 0 saturated heterocycles. The Morgan fingerprint density at radius 3 is 2.44 bits per heavy atom. The second-order valence-electron chi connectivity index (χ2n) is 7.97. The van der Waals surface area contributed by atoms with Gasteiger partial charge in [-0.2, -0.15) is 0 Å². The normalized spacial score (nSPS) is 41.3. The van der Waals surface area contributed by atoms with Crippen molar-refractivity contribution in [1.29, 1.82) is 0 Å². The predicted molar refractivity (Wildman–Crippen MR) is 79.8 cm³/mol. The highest BCUT2D eigenvalue weighted by Crippen LogP contribution is 2.39. The fourth-order valence-corrected chi connectivity index (χ4v) is 4.15. The summed E-state index contributed by atoms with van der Waals surface area (Å²) in [7, 11) is 0. The maximum Gasteiger partial charge on any atom is 0.00956 e. The molecule has 1 heteroatoms. The maximum atomic E-state index is 4.01. The van der Waals surface area contributed by atoms with Crippen LogP contribution in [-0.4, -0.2) is 12.1 Å². The highest BCUT2D eigenvalue weighted by molar-refractivity contribution is 4.89. The van der Waals surface area contributed by atoms with Gasteiger partial charge in [-0.3, -0.25) is 0 Å². The molecule has 2 aliphatic rings. The van der Waals surface area contributed by atoms with Crippen molar-refractivity contribution >= 4 is 0 Å². The lowest BCUT2D eigenvalue weighted by atomic mass is 9.70. The first kappa shape index (κ1) is 14.4. The molecule has 0 aromatic heterocycles. The topological polar surface area (TPSA) is 12.0 Å². The first-order valence-electron chi connectivity index (χ1n) is 8.22. The van der Waals surface area contributed by atoms with Crippen molar-refractivity contribution in [3.05, 3.63) is 0 Å². The molecule has 106 valence electrons. The second kappa shape index (κ2) is 5.94. The lowest BCUT2D eigenvalue weighted by Gasteiger charge is -2.41. The van der Waals surface area contributed by atoms with Crippen LogP contribution in [0.5, 0.6) is 0 Å². The van der Waals surface area contributed by atoms with Gasteiger partial charge in [0.25, 0.3) is 0 Å². The third-order valence-electron chi connectivity index (χ3n) is 5.40. The molecule has 0 spiro atoms. The van der Waals surface area contributed by atoms with Crippen molar-refractivity contribution < 1.29 is 0 Å². The molecule has 0 radical (unpaired) electrons. The molecular formula is C17H33N. The van der Waals surface area contributed by atoms with E-state index in [4.69, 9.17) is 0 Å². The van der Waals surface area contributed by atoms with Crippen LogP contribution in [0.25, 0.3) is 0 Å². The maximum absolute atomic E-state index is 4.01. The summed E-state index contributed by atoms with van der Waals surface area (Å²) in [4.78, 5) is 0. The van der Waals surface area contributed by atoms with Crippen LogP contribution >= 0.6 is 0 Å². The van der Waals surface area contributed by atoms with Gasteiger partial charge in [0.2, 0.25) is 0 Å². The van der Waals surface area contributed by atoms with Gasteiger partial charge in [-0.15, -0.1) is 0 Å². The van der Waals surface area contributed by atoms with Crippen molar-refractivity contribution in [1.82, 2.24) is 5.32 Å². The Bertz CT molecular complexity index is 258. The van der Waals surface area contributed by atoms with Gasteiger partial charge < -0.3 is 5.32 Å². The van der Waals surface area contributed by atoms with Crippen molar-refractivity contribution in [2.75, 3.05) is 0 Å².